The second-order valence-corrected chi connectivity index (χ2v) is 4.38. The number of carbonyl (C=O) groups excluding carboxylic acids is 1. The largest absolute Gasteiger partial charge is 0.480 e. The van der Waals surface area contributed by atoms with Gasteiger partial charge in [0.1, 0.15) is 12.4 Å². The molecule has 1 fully saturated rings. The van der Waals surface area contributed by atoms with Crippen LogP contribution in [0, 0.1) is 0 Å². The number of aromatic nitrogens is 2. The smallest absolute Gasteiger partial charge is 0.327 e. The summed E-state index contributed by atoms with van der Waals surface area (Å²) in [5.74, 6) is -0.209. The minimum atomic E-state index is -0.991. The van der Waals surface area contributed by atoms with Crippen molar-refractivity contribution in [1.82, 2.24) is 14.9 Å². The van der Waals surface area contributed by atoms with Gasteiger partial charge in [0.25, 0.3) is 0 Å². The van der Waals surface area contributed by atoms with Crippen LogP contribution in [0.4, 0.5) is 10.5 Å². The Hall–Kier alpha value is -1.83. The summed E-state index contributed by atoms with van der Waals surface area (Å²) >= 11 is 1.41. The van der Waals surface area contributed by atoms with Crippen molar-refractivity contribution in [2.45, 2.75) is 6.04 Å². The van der Waals surface area contributed by atoms with Crippen molar-refractivity contribution >= 4 is 29.4 Å². The highest BCUT2D eigenvalue weighted by Gasteiger charge is 2.34. The van der Waals surface area contributed by atoms with Crippen LogP contribution in [0.25, 0.3) is 0 Å². The van der Waals surface area contributed by atoms with Gasteiger partial charge in [-0.2, -0.15) is 0 Å². The van der Waals surface area contributed by atoms with E-state index < -0.39 is 18.0 Å². The number of nitrogens with one attached hydrogen (secondary N) is 1. The van der Waals surface area contributed by atoms with Crippen molar-refractivity contribution in [2.75, 3.05) is 16.9 Å². The average Bonchev–Trinajstić information content (AvgIpc) is 2.79. The Morgan fingerprint density at radius 3 is 2.82 bits per heavy atom. The molecule has 2 rings (SSSR count). The van der Waals surface area contributed by atoms with E-state index in [2.05, 4.69) is 15.3 Å². The van der Waals surface area contributed by atoms with E-state index in [0.29, 0.717) is 17.3 Å². The van der Waals surface area contributed by atoms with Gasteiger partial charge >= 0.3 is 12.0 Å². The first-order valence-corrected chi connectivity index (χ1v) is 5.97. The lowest BCUT2D eigenvalue weighted by Gasteiger charge is -2.20. The Morgan fingerprint density at radius 2 is 2.18 bits per heavy atom. The van der Waals surface area contributed by atoms with Crippen LogP contribution in [0.3, 0.4) is 0 Å². The molecule has 1 atom stereocenters. The SMILES string of the molecule is O=C(O)C1CSCN1C(=O)Nc1cncnc1. The minimum absolute atomic E-state index is 0.372. The molecule has 0 aliphatic carbocycles. The van der Waals surface area contributed by atoms with Crippen molar-refractivity contribution in [2.24, 2.45) is 0 Å². The van der Waals surface area contributed by atoms with Crippen LogP contribution in [0.5, 0.6) is 0 Å². The standard InChI is InChI=1S/C9H10N4O3S/c14-8(15)7-3-17-5-13(7)9(16)12-6-1-10-4-11-2-6/h1-2,4,7H,3,5H2,(H,12,16)(H,14,15). The number of rotatable bonds is 2. The molecule has 0 aromatic carbocycles. The molecule has 2 heterocycles. The first-order valence-electron chi connectivity index (χ1n) is 4.81. The van der Waals surface area contributed by atoms with Crippen LogP contribution >= 0.6 is 11.8 Å². The molecule has 2 N–H and O–H groups in total. The molecule has 17 heavy (non-hydrogen) atoms. The van der Waals surface area contributed by atoms with Gasteiger partial charge in [-0.05, 0) is 0 Å². The lowest BCUT2D eigenvalue weighted by Crippen LogP contribution is -2.43. The molecule has 1 aromatic rings. The van der Waals surface area contributed by atoms with E-state index in [1.165, 1.54) is 35.4 Å². The zero-order valence-electron chi connectivity index (χ0n) is 8.74. The Balaban J connectivity index is 2.03. The maximum absolute atomic E-state index is 11.8. The average molecular weight is 254 g/mol. The van der Waals surface area contributed by atoms with E-state index in [-0.39, 0.29) is 0 Å². The predicted octanol–water partition coefficient (Wildman–Crippen LogP) is 0.468. The number of nitrogens with zero attached hydrogens (tertiary/aromatic N) is 3. The van der Waals surface area contributed by atoms with Gasteiger partial charge in [0.05, 0.1) is 24.0 Å². The topological polar surface area (TPSA) is 95.4 Å². The van der Waals surface area contributed by atoms with Crippen molar-refractivity contribution in [3.05, 3.63) is 18.7 Å². The number of urea groups is 1. The van der Waals surface area contributed by atoms with Crippen molar-refractivity contribution in [3.8, 4) is 0 Å². The number of anilines is 1. The number of carbonyl (C=O) groups is 2. The van der Waals surface area contributed by atoms with E-state index in [4.69, 9.17) is 5.11 Å². The molecule has 0 bridgehead atoms. The highest BCUT2D eigenvalue weighted by molar-refractivity contribution is 7.99. The lowest BCUT2D eigenvalue weighted by atomic mass is 10.3. The molecule has 0 saturated carbocycles. The summed E-state index contributed by atoms with van der Waals surface area (Å²) in [6, 6.07) is -1.22. The maximum Gasteiger partial charge on any atom is 0.327 e. The van der Waals surface area contributed by atoms with Gasteiger partial charge in [-0.15, -0.1) is 11.8 Å². The van der Waals surface area contributed by atoms with Crippen LogP contribution in [0.15, 0.2) is 18.7 Å². The Morgan fingerprint density at radius 1 is 1.47 bits per heavy atom. The second-order valence-electron chi connectivity index (χ2n) is 3.38. The third-order valence-corrected chi connectivity index (χ3v) is 3.25. The summed E-state index contributed by atoms with van der Waals surface area (Å²) < 4.78 is 0. The van der Waals surface area contributed by atoms with Gasteiger partial charge in [-0.25, -0.2) is 19.6 Å². The van der Waals surface area contributed by atoms with Gasteiger partial charge in [0.15, 0.2) is 0 Å². The first kappa shape index (κ1) is 11.6. The fraction of sp³-hybridized carbons (Fsp3) is 0.333. The normalized spacial score (nSPS) is 19.1. The number of carboxylic acids is 1. The molecule has 1 aliphatic heterocycles. The molecule has 0 spiro atoms. The van der Waals surface area contributed by atoms with Gasteiger partial charge in [-0.3, -0.25) is 0 Å². The highest BCUT2D eigenvalue weighted by Crippen LogP contribution is 2.21. The first-order chi connectivity index (χ1) is 8.18. The minimum Gasteiger partial charge on any atom is -0.480 e. The van der Waals surface area contributed by atoms with E-state index in [0.717, 1.165) is 0 Å². The Labute approximate surface area is 101 Å². The molecular weight excluding hydrogens is 244 g/mol. The Kier molecular flexibility index (Phi) is 3.43. The van der Waals surface area contributed by atoms with Crippen LogP contribution < -0.4 is 5.32 Å². The fourth-order valence-electron chi connectivity index (χ4n) is 1.41. The Bertz CT molecular complexity index is 428. The highest BCUT2D eigenvalue weighted by atomic mass is 32.2. The van der Waals surface area contributed by atoms with Crippen molar-refractivity contribution < 1.29 is 14.7 Å². The number of hydrogen-bond donors (Lipinski definition) is 2. The van der Waals surface area contributed by atoms with E-state index in [1.807, 2.05) is 0 Å². The predicted molar refractivity (Wildman–Crippen MR) is 61.6 cm³/mol. The molecule has 1 unspecified atom stereocenters. The van der Waals surface area contributed by atoms with Crippen LogP contribution in [-0.2, 0) is 4.79 Å². The summed E-state index contributed by atoms with van der Waals surface area (Å²) in [7, 11) is 0. The van der Waals surface area contributed by atoms with Gasteiger partial charge < -0.3 is 15.3 Å². The molecule has 1 saturated heterocycles. The number of aliphatic carboxylic acids is 1. The maximum atomic E-state index is 11.8. The van der Waals surface area contributed by atoms with Gasteiger partial charge in [0.2, 0.25) is 0 Å². The third kappa shape index (κ3) is 2.64. The fourth-order valence-corrected chi connectivity index (χ4v) is 2.55. The number of amides is 2. The molecule has 2 amide bonds. The lowest BCUT2D eigenvalue weighted by molar-refractivity contribution is -0.140. The third-order valence-electron chi connectivity index (χ3n) is 2.24. The molecule has 7 nitrogen and oxygen atoms in total. The zero-order chi connectivity index (χ0) is 12.3. The molecular formula is C9H10N4O3S. The quantitative estimate of drug-likeness (QED) is 0.796. The van der Waals surface area contributed by atoms with E-state index in [9.17, 15) is 9.59 Å². The molecule has 1 aromatic heterocycles. The van der Waals surface area contributed by atoms with Crippen molar-refractivity contribution in [3.63, 3.8) is 0 Å². The summed E-state index contributed by atoms with van der Waals surface area (Å²) in [6.07, 6.45) is 4.25. The van der Waals surface area contributed by atoms with Crippen LogP contribution in [-0.4, -0.2) is 49.6 Å². The second kappa shape index (κ2) is 5.00. The monoisotopic (exact) mass is 254 g/mol. The van der Waals surface area contributed by atoms with Crippen LogP contribution in [0.1, 0.15) is 0 Å². The molecule has 1 aliphatic rings. The molecule has 90 valence electrons. The van der Waals surface area contributed by atoms with Crippen LogP contribution in [0.2, 0.25) is 0 Å². The molecule has 0 radical (unpaired) electrons. The summed E-state index contributed by atoms with van der Waals surface area (Å²) in [6.45, 7) is 0. The number of hydrogen-bond acceptors (Lipinski definition) is 5. The summed E-state index contributed by atoms with van der Waals surface area (Å²) in [5, 5.41) is 11.5. The van der Waals surface area contributed by atoms with Gasteiger partial charge in [-0.1, -0.05) is 0 Å². The summed E-state index contributed by atoms with van der Waals surface area (Å²) in [4.78, 5) is 31.5. The molecule has 8 heteroatoms. The summed E-state index contributed by atoms with van der Waals surface area (Å²) in [5.41, 5.74) is 0.443. The zero-order valence-corrected chi connectivity index (χ0v) is 9.55. The van der Waals surface area contributed by atoms with E-state index >= 15 is 0 Å². The van der Waals surface area contributed by atoms with Gasteiger partial charge in [0, 0.05) is 5.75 Å². The van der Waals surface area contributed by atoms with Crippen molar-refractivity contribution in [1.29, 1.82) is 0 Å². The van der Waals surface area contributed by atoms with E-state index in [1.54, 1.807) is 0 Å². The number of carboxylic acid groups (broad SMARTS) is 1. The number of thioether (sulfide) groups is 1.